The Morgan fingerprint density at radius 2 is 1.93 bits per heavy atom. The Balaban J connectivity index is 1.81. The molecular formula is C20H32N2O4S. The lowest BCUT2D eigenvalue weighted by molar-refractivity contribution is -0.119. The Hall–Kier alpha value is -1.60. The van der Waals surface area contributed by atoms with Crippen molar-refractivity contribution in [3.8, 4) is 0 Å². The van der Waals surface area contributed by atoms with Gasteiger partial charge < -0.3 is 10.1 Å². The second kappa shape index (κ2) is 10.1. The topological polar surface area (TPSA) is 75.7 Å². The second-order valence-electron chi connectivity index (χ2n) is 7.39. The van der Waals surface area contributed by atoms with Crippen LogP contribution in [-0.2, 0) is 19.6 Å². The molecule has 1 aromatic carbocycles. The Morgan fingerprint density at radius 3 is 2.56 bits per heavy atom. The van der Waals surface area contributed by atoms with Gasteiger partial charge in [0.1, 0.15) is 6.54 Å². The molecule has 6 nitrogen and oxygen atoms in total. The molecule has 152 valence electrons. The highest BCUT2D eigenvalue weighted by molar-refractivity contribution is 7.92. The molecule has 0 spiro atoms. The van der Waals surface area contributed by atoms with Crippen LogP contribution in [0.5, 0.6) is 0 Å². The third-order valence-electron chi connectivity index (χ3n) is 4.86. The molecule has 0 atom stereocenters. The third-order valence-corrected chi connectivity index (χ3v) is 5.98. The number of rotatable bonds is 9. The first-order chi connectivity index (χ1) is 12.8. The first kappa shape index (κ1) is 21.7. The lowest BCUT2D eigenvalue weighted by Crippen LogP contribution is -2.41. The fourth-order valence-electron chi connectivity index (χ4n) is 3.43. The predicted molar refractivity (Wildman–Crippen MR) is 109 cm³/mol. The lowest BCUT2D eigenvalue weighted by Gasteiger charge is -2.24. The van der Waals surface area contributed by atoms with Crippen molar-refractivity contribution < 1.29 is 17.9 Å². The second-order valence-corrected chi connectivity index (χ2v) is 9.30. The van der Waals surface area contributed by atoms with E-state index in [1.807, 2.05) is 26.0 Å². The van der Waals surface area contributed by atoms with Crippen molar-refractivity contribution in [2.24, 2.45) is 0 Å². The molecule has 1 fully saturated rings. The van der Waals surface area contributed by atoms with E-state index < -0.39 is 10.0 Å². The van der Waals surface area contributed by atoms with E-state index in [9.17, 15) is 13.2 Å². The van der Waals surface area contributed by atoms with Crippen molar-refractivity contribution >= 4 is 21.6 Å². The van der Waals surface area contributed by atoms with Crippen molar-refractivity contribution in [2.45, 2.75) is 58.5 Å². The van der Waals surface area contributed by atoms with Gasteiger partial charge in [0.05, 0.1) is 18.0 Å². The SMILES string of the molecule is Cc1ccc(N(CC(=O)NCCCOC2CCCCC2)S(C)(=O)=O)c(C)c1. The molecule has 0 bridgehead atoms. The molecule has 0 aromatic heterocycles. The molecule has 1 amide bonds. The average Bonchev–Trinajstić information content (AvgIpc) is 2.60. The quantitative estimate of drug-likeness (QED) is 0.651. The van der Waals surface area contributed by atoms with E-state index in [0.717, 1.165) is 41.0 Å². The van der Waals surface area contributed by atoms with Gasteiger partial charge in [-0.1, -0.05) is 37.0 Å². The summed E-state index contributed by atoms with van der Waals surface area (Å²) in [5.74, 6) is -0.307. The summed E-state index contributed by atoms with van der Waals surface area (Å²) in [6.07, 6.45) is 8.24. The zero-order valence-electron chi connectivity index (χ0n) is 16.7. The van der Waals surface area contributed by atoms with E-state index in [1.54, 1.807) is 6.07 Å². The summed E-state index contributed by atoms with van der Waals surface area (Å²) in [5, 5.41) is 2.80. The van der Waals surface area contributed by atoms with Crippen LogP contribution in [0.1, 0.15) is 49.7 Å². The van der Waals surface area contributed by atoms with Crippen LogP contribution in [0.3, 0.4) is 0 Å². The molecule has 1 saturated carbocycles. The van der Waals surface area contributed by atoms with E-state index in [-0.39, 0.29) is 12.5 Å². The molecule has 0 radical (unpaired) electrons. The van der Waals surface area contributed by atoms with Crippen molar-refractivity contribution in [1.82, 2.24) is 5.32 Å². The lowest BCUT2D eigenvalue weighted by atomic mass is 9.98. The number of sulfonamides is 1. The van der Waals surface area contributed by atoms with Crippen molar-refractivity contribution in [3.05, 3.63) is 29.3 Å². The van der Waals surface area contributed by atoms with Gasteiger partial charge in [-0.2, -0.15) is 0 Å². The van der Waals surface area contributed by atoms with Crippen LogP contribution >= 0.6 is 0 Å². The van der Waals surface area contributed by atoms with Crippen LogP contribution in [-0.4, -0.2) is 46.4 Å². The number of benzene rings is 1. The van der Waals surface area contributed by atoms with Crippen LogP contribution in [0.4, 0.5) is 5.69 Å². The van der Waals surface area contributed by atoms with Gasteiger partial charge in [0.2, 0.25) is 15.9 Å². The smallest absolute Gasteiger partial charge is 0.240 e. The van der Waals surface area contributed by atoms with Gasteiger partial charge >= 0.3 is 0 Å². The molecule has 1 N–H and O–H groups in total. The fourth-order valence-corrected chi connectivity index (χ4v) is 4.35. The van der Waals surface area contributed by atoms with Gasteiger partial charge in [-0.15, -0.1) is 0 Å². The molecule has 0 saturated heterocycles. The van der Waals surface area contributed by atoms with Crippen LogP contribution in [0, 0.1) is 13.8 Å². The van der Waals surface area contributed by atoms with Gasteiger partial charge in [-0.25, -0.2) is 8.42 Å². The molecule has 0 heterocycles. The van der Waals surface area contributed by atoms with E-state index in [2.05, 4.69) is 5.32 Å². The van der Waals surface area contributed by atoms with E-state index in [0.29, 0.717) is 24.9 Å². The number of anilines is 1. The van der Waals surface area contributed by atoms with Gasteiger partial charge in [-0.3, -0.25) is 9.10 Å². The Bertz CT molecular complexity index is 727. The number of nitrogens with zero attached hydrogens (tertiary/aromatic N) is 1. The molecule has 1 aromatic rings. The standard InChI is InChI=1S/C20H32N2O4S/c1-16-10-11-19(17(2)14-16)22(27(3,24)25)15-20(23)21-12-7-13-26-18-8-5-4-6-9-18/h10-11,14,18H,4-9,12-13,15H2,1-3H3,(H,21,23). The average molecular weight is 397 g/mol. The number of ether oxygens (including phenoxy) is 1. The van der Waals surface area contributed by atoms with Crippen molar-refractivity contribution in [3.63, 3.8) is 0 Å². The van der Waals surface area contributed by atoms with Gasteiger partial charge in [0, 0.05) is 13.2 Å². The summed E-state index contributed by atoms with van der Waals surface area (Å²) in [5.41, 5.74) is 2.42. The Labute approximate surface area is 163 Å². The summed E-state index contributed by atoms with van der Waals surface area (Å²) in [4.78, 5) is 12.3. The Kier molecular flexibility index (Phi) is 8.10. The predicted octanol–water partition coefficient (Wildman–Crippen LogP) is 2.93. The number of carbonyl (C=O) groups excluding carboxylic acids is 1. The van der Waals surface area contributed by atoms with Crippen molar-refractivity contribution in [2.75, 3.05) is 30.3 Å². The third kappa shape index (κ3) is 7.14. The normalized spacial score (nSPS) is 15.5. The van der Waals surface area contributed by atoms with E-state index in [4.69, 9.17) is 4.74 Å². The molecule has 2 rings (SSSR count). The minimum atomic E-state index is -3.55. The highest BCUT2D eigenvalue weighted by atomic mass is 32.2. The number of amides is 1. The van der Waals surface area contributed by atoms with Crippen LogP contribution in [0.15, 0.2) is 18.2 Å². The minimum Gasteiger partial charge on any atom is -0.378 e. The summed E-state index contributed by atoms with van der Waals surface area (Å²) in [6.45, 7) is 4.69. The maximum Gasteiger partial charge on any atom is 0.240 e. The summed E-state index contributed by atoms with van der Waals surface area (Å²) < 4.78 is 31.4. The zero-order chi connectivity index (χ0) is 19.9. The number of aryl methyl sites for hydroxylation is 2. The van der Waals surface area contributed by atoms with Crippen LogP contribution in [0.25, 0.3) is 0 Å². The van der Waals surface area contributed by atoms with Crippen LogP contribution < -0.4 is 9.62 Å². The maximum absolute atomic E-state index is 12.3. The molecule has 1 aliphatic carbocycles. The number of carbonyl (C=O) groups is 1. The summed E-state index contributed by atoms with van der Waals surface area (Å²) in [6, 6.07) is 5.51. The summed E-state index contributed by atoms with van der Waals surface area (Å²) in [7, 11) is -3.55. The summed E-state index contributed by atoms with van der Waals surface area (Å²) >= 11 is 0. The maximum atomic E-state index is 12.3. The number of hydrogen-bond donors (Lipinski definition) is 1. The Morgan fingerprint density at radius 1 is 1.22 bits per heavy atom. The molecule has 27 heavy (non-hydrogen) atoms. The zero-order valence-corrected chi connectivity index (χ0v) is 17.5. The highest BCUT2D eigenvalue weighted by Gasteiger charge is 2.22. The fraction of sp³-hybridized carbons (Fsp3) is 0.650. The van der Waals surface area contributed by atoms with Crippen molar-refractivity contribution in [1.29, 1.82) is 0 Å². The van der Waals surface area contributed by atoms with Crippen LogP contribution in [0.2, 0.25) is 0 Å². The molecular weight excluding hydrogens is 364 g/mol. The minimum absolute atomic E-state index is 0.216. The van der Waals surface area contributed by atoms with Gasteiger partial charge in [-0.05, 0) is 44.7 Å². The molecule has 7 heteroatoms. The molecule has 1 aliphatic rings. The highest BCUT2D eigenvalue weighted by Crippen LogP contribution is 2.23. The van der Waals surface area contributed by atoms with E-state index in [1.165, 1.54) is 19.3 Å². The monoisotopic (exact) mass is 396 g/mol. The molecule has 0 unspecified atom stereocenters. The first-order valence-electron chi connectivity index (χ1n) is 9.70. The number of nitrogens with one attached hydrogen (secondary N) is 1. The van der Waals surface area contributed by atoms with E-state index >= 15 is 0 Å². The molecule has 0 aliphatic heterocycles. The van der Waals surface area contributed by atoms with Gasteiger partial charge in [0.15, 0.2) is 0 Å². The van der Waals surface area contributed by atoms with Gasteiger partial charge in [0.25, 0.3) is 0 Å². The number of hydrogen-bond acceptors (Lipinski definition) is 4. The largest absolute Gasteiger partial charge is 0.378 e. The first-order valence-corrected chi connectivity index (χ1v) is 11.6.